The van der Waals surface area contributed by atoms with E-state index in [1.54, 1.807) is 37.3 Å². The first kappa shape index (κ1) is 21.0. The van der Waals surface area contributed by atoms with Crippen molar-refractivity contribution in [2.75, 3.05) is 31.0 Å². The van der Waals surface area contributed by atoms with E-state index < -0.39 is 5.97 Å². The topological polar surface area (TPSA) is 66.9 Å². The van der Waals surface area contributed by atoms with E-state index in [-0.39, 0.29) is 22.8 Å². The Morgan fingerprint density at radius 2 is 1.73 bits per heavy atom. The van der Waals surface area contributed by atoms with Crippen molar-refractivity contribution in [2.45, 2.75) is 13.8 Å². The number of hydrogen-bond donors (Lipinski definition) is 0. The molecule has 6 heteroatoms. The van der Waals surface area contributed by atoms with E-state index >= 15 is 0 Å². The summed E-state index contributed by atoms with van der Waals surface area (Å²) in [6, 6.07) is 14.4. The van der Waals surface area contributed by atoms with Crippen LogP contribution in [0.15, 0.2) is 65.4 Å². The van der Waals surface area contributed by atoms with Crippen LogP contribution < -0.4 is 9.80 Å². The number of methoxy groups -OCH3 is 1. The molecule has 2 aromatic carbocycles. The Labute approximate surface area is 176 Å². The predicted octanol–water partition coefficient (Wildman–Crippen LogP) is 3.83. The number of hydrogen-bond acceptors (Lipinski definition) is 5. The fraction of sp³-hybridized carbons (Fsp3) is 0.208. The molecule has 0 spiro atoms. The average Bonchev–Trinajstić information content (AvgIpc) is 2.97. The Morgan fingerprint density at radius 1 is 1.07 bits per heavy atom. The minimum Gasteiger partial charge on any atom is -0.465 e. The fourth-order valence-electron chi connectivity index (χ4n) is 3.39. The van der Waals surface area contributed by atoms with Gasteiger partial charge in [-0.15, -0.1) is 0 Å². The number of allylic oxidation sites excluding steroid dienone is 1. The molecule has 1 heterocycles. The van der Waals surface area contributed by atoms with Crippen LogP contribution in [-0.4, -0.2) is 38.9 Å². The van der Waals surface area contributed by atoms with Crippen LogP contribution in [0.1, 0.15) is 29.8 Å². The number of carbonyl (C=O) groups excluding carboxylic acids is 3. The van der Waals surface area contributed by atoms with Crippen LogP contribution in [0.3, 0.4) is 0 Å². The minimum atomic E-state index is -0.581. The zero-order valence-electron chi connectivity index (χ0n) is 17.7. The summed E-state index contributed by atoms with van der Waals surface area (Å²) in [6.45, 7) is 3.16. The number of amides is 1. The van der Waals surface area contributed by atoms with Gasteiger partial charge in [-0.3, -0.25) is 14.5 Å². The molecule has 6 nitrogen and oxygen atoms in total. The van der Waals surface area contributed by atoms with Crippen molar-refractivity contribution in [3.8, 4) is 0 Å². The van der Waals surface area contributed by atoms with Gasteiger partial charge in [0.15, 0.2) is 5.78 Å². The van der Waals surface area contributed by atoms with Crippen LogP contribution in [0.2, 0.25) is 0 Å². The van der Waals surface area contributed by atoms with Gasteiger partial charge in [0.2, 0.25) is 0 Å². The van der Waals surface area contributed by atoms with E-state index in [0.717, 1.165) is 11.3 Å². The van der Waals surface area contributed by atoms with Crippen molar-refractivity contribution in [2.24, 2.45) is 0 Å². The van der Waals surface area contributed by atoms with E-state index in [4.69, 9.17) is 4.74 Å². The Bertz CT molecular complexity index is 1080. The number of esters is 1. The number of carbonyl (C=O) groups is 3. The van der Waals surface area contributed by atoms with E-state index in [2.05, 4.69) is 0 Å². The first-order valence-electron chi connectivity index (χ1n) is 9.48. The standard InChI is InChI=1S/C24H24N2O4/c1-15-22(24(29)30-5)21(13-17-9-11-19(12-10-17)25(3)4)23(28)26(15)20-8-6-7-18(14-20)16(2)27/h6-14H,1-5H3/b21-13-. The molecule has 154 valence electrons. The summed E-state index contributed by atoms with van der Waals surface area (Å²) >= 11 is 0. The van der Waals surface area contributed by atoms with Crippen LogP contribution in [0.4, 0.5) is 11.4 Å². The second-order valence-electron chi connectivity index (χ2n) is 7.24. The van der Waals surface area contributed by atoms with Crippen molar-refractivity contribution in [3.05, 3.63) is 76.5 Å². The van der Waals surface area contributed by atoms with Gasteiger partial charge < -0.3 is 9.64 Å². The van der Waals surface area contributed by atoms with Crippen LogP contribution in [0.5, 0.6) is 0 Å². The number of Topliss-reactive ketones (excluding diaryl/α,β-unsaturated/α-hetero) is 1. The van der Waals surface area contributed by atoms with Crippen molar-refractivity contribution < 1.29 is 19.1 Å². The maximum Gasteiger partial charge on any atom is 0.340 e. The summed E-state index contributed by atoms with van der Waals surface area (Å²) in [6.07, 6.45) is 1.69. The number of nitrogens with zero attached hydrogens (tertiary/aromatic N) is 2. The molecule has 0 atom stereocenters. The lowest BCUT2D eigenvalue weighted by molar-refractivity contribution is -0.136. The van der Waals surface area contributed by atoms with Gasteiger partial charge in [0.05, 0.1) is 18.3 Å². The summed E-state index contributed by atoms with van der Waals surface area (Å²) in [4.78, 5) is 41.0. The van der Waals surface area contributed by atoms with E-state index in [0.29, 0.717) is 16.9 Å². The molecule has 0 aromatic heterocycles. The third kappa shape index (κ3) is 3.89. The summed E-state index contributed by atoms with van der Waals surface area (Å²) in [5.74, 6) is -1.03. The van der Waals surface area contributed by atoms with Gasteiger partial charge in [0.25, 0.3) is 5.91 Å². The molecule has 0 saturated heterocycles. The molecule has 1 aliphatic rings. The summed E-state index contributed by atoms with van der Waals surface area (Å²) in [5.41, 5.74) is 3.76. The Hall–Kier alpha value is -3.67. The van der Waals surface area contributed by atoms with Gasteiger partial charge in [-0.1, -0.05) is 24.3 Å². The van der Waals surface area contributed by atoms with Gasteiger partial charge in [0, 0.05) is 36.7 Å². The van der Waals surface area contributed by atoms with E-state index in [9.17, 15) is 14.4 Å². The van der Waals surface area contributed by atoms with Crippen molar-refractivity contribution in [1.29, 1.82) is 0 Å². The number of anilines is 2. The summed E-state index contributed by atoms with van der Waals surface area (Å²) in [5, 5.41) is 0. The largest absolute Gasteiger partial charge is 0.465 e. The van der Waals surface area contributed by atoms with Crippen LogP contribution in [0, 0.1) is 0 Å². The normalized spacial score (nSPS) is 15.0. The second-order valence-corrected chi connectivity index (χ2v) is 7.24. The van der Waals surface area contributed by atoms with E-state index in [1.165, 1.54) is 18.9 Å². The molecule has 0 unspecified atom stereocenters. The van der Waals surface area contributed by atoms with Crippen molar-refractivity contribution in [1.82, 2.24) is 0 Å². The summed E-state index contributed by atoms with van der Waals surface area (Å²) in [7, 11) is 5.18. The molecule has 0 saturated carbocycles. The first-order valence-corrected chi connectivity index (χ1v) is 9.48. The van der Waals surface area contributed by atoms with Gasteiger partial charge in [-0.25, -0.2) is 4.79 Å². The average molecular weight is 404 g/mol. The third-order valence-electron chi connectivity index (χ3n) is 5.02. The maximum absolute atomic E-state index is 13.3. The highest BCUT2D eigenvalue weighted by atomic mass is 16.5. The quantitative estimate of drug-likeness (QED) is 0.430. The Balaban J connectivity index is 2.10. The predicted molar refractivity (Wildman–Crippen MR) is 117 cm³/mol. The number of rotatable bonds is 5. The SMILES string of the molecule is COC(=O)C1=C(C)N(c2cccc(C(C)=O)c2)C(=O)/C1=C\c1ccc(N(C)C)cc1. The van der Waals surface area contributed by atoms with Crippen molar-refractivity contribution in [3.63, 3.8) is 0 Å². The molecule has 0 fully saturated rings. The van der Waals surface area contributed by atoms with Gasteiger partial charge in [0.1, 0.15) is 0 Å². The van der Waals surface area contributed by atoms with Crippen molar-refractivity contribution >= 4 is 35.1 Å². The molecule has 0 aliphatic carbocycles. The number of ether oxygens (including phenoxy) is 1. The monoisotopic (exact) mass is 404 g/mol. The molecule has 0 radical (unpaired) electrons. The fourth-order valence-corrected chi connectivity index (χ4v) is 3.39. The van der Waals surface area contributed by atoms with E-state index in [1.807, 2.05) is 43.3 Å². The zero-order chi connectivity index (χ0) is 22.0. The summed E-state index contributed by atoms with van der Waals surface area (Å²) < 4.78 is 4.94. The van der Waals surface area contributed by atoms with Crippen LogP contribution in [0.25, 0.3) is 6.08 Å². The lowest BCUT2D eigenvalue weighted by atomic mass is 10.0. The lowest BCUT2D eigenvalue weighted by Crippen LogP contribution is -2.24. The minimum absolute atomic E-state index is 0.102. The molecule has 1 aliphatic heterocycles. The molecule has 30 heavy (non-hydrogen) atoms. The van der Waals surface area contributed by atoms with Gasteiger partial charge in [-0.2, -0.15) is 0 Å². The first-order chi connectivity index (χ1) is 14.2. The van der Waals surface area contributed by atoms with Gasteiger partial charge >= 0.3 is 5.97 Å². The molecule has 3 rings (SSSR count). The molecule has 0 N–H and O–H groups in total. The molecule has 1 amide bonds. The van der Waals surface area contributed by atoms with Crippen LogP contribution >= 0.6 is 0 Å². The molecule has 0 bridgehead atoms. The Morgan fingerprint density at radius 3 is 2.30 bits per heavy atom. The Kier molecular flexibility index (Phi) is 5.87. The highest BCUT2D eigenvalue weighted by molar-refractivity contribution is 6.24. The highest BCUT2D eigenvalue weighted by Crippen LogP contribution is 2.35. The maximum atomic E-state index is 13.3. The second kappa shape index (κ2) is 8.37. The highest BCUT2D eigenvalue weighted by Gasteiger charge is 2.38. The lowest BCUT2D eigenvalue weighted by Gasteiger charge is -2.18. The number of benzene rings is 2. The molecule has 2 aromatic rings. The number of ketones is 1. The van der Waals surface area contributed by atoms with Gasteiger partial charge in [-0.05, 0) is 49.8 Å². The zero-order valence-corrected chi connectivity index (χ0v) is 17.7. The smallest absolute Gasteiger partial charge is 0.340 e. The molecular weight excluding hydrogens is 380 g/mol. The molecular formula is C24H24N2O4. The third-order valence-corrected chi connectivity index (χ3v) is 5.02. The van der Waals surface area contributed by atoms with Crippen LogP contribution in [-0.2, 0) is 14.3 Å².